The predicted octanol–water partition coefficient (Wildman–Crippen LogP) is 1.66. The van der Waals surface area contributed by atoms with E-state index in [-0.39, 0.29) is 6.07 Å². The summed E-state index contributed by atoms with van der Waals surface area (Å²) >= 11 is 0. The van der Waals surface area contributed by atoms with Crippen LogP contribution < -0.4 is 11.5 Å². The minimum absolute atomic E-state index is 0.179. The first-order chi connectivity index (χ1) is 10.2. The van der Waals surface area contributed by atoms with Crippen molar-refractivity contribution in [3.05, 3.63) is 29.1 Å². The largest absolute Gasteiger partial charge is 0.458 e. The number of halogens is 6. The first kappa shape index (κ1) is 19.1. The van der Waals surface area contributed by atoms with Gasteiger partial charge in [0.2, 0.25) is 0 Å². The highest BCUT2D eigenvalue weighted by molar-refractivity contribution is 7.90. The molecular formula is C11H11F6N3O2S. The lowest BCUT2D eigenvalue weighted by Gasteiger charge is -2.23. The van der Waals surface area contributed by atoms with Gasteiger partial charge in [0.05, 0.1) is 6.54 Å². The fraction of sp³-hybridized carbons (Fsp3) is 0.364. The monoisotopic (exact) mass is 363 g/mol. The van der Waals surface area contributed by atoms with Gasteiger partial charge < -0.3 is 11.5 Å². The van der Waals surface area contributed by atoms with Gasteiger partial charge in [-0.25, -0.2) is 17.8 Å². The Labute approximate surface area is 126 Å². The molecule has 1 aromatic rings. The normalized spacial score (nSPS) is 13.0. The molecule has 1 rings (SSSR count). The van der Waals surface area contributed by atoms with Gasteiger partial charge in [0.1, 0.15) is 10.7 Å². The highest BCUT2D eigenvalue weighted by Crippen LogP contribution is 2.46. The van der Waals surface area contributed by atoms with E-state index in [0.29, 0.717) is 12.3 Å². The molecule has 0 aromatic heterocycles. The summed E-state index contributed by atoms with van der Waals surface area (Å²) in [6.45, 7) is -0.883. The predicted molar refractivity (Wildman–Crippen MR) is 69.0 cm³/mol. The van der Waals surface area contributed by atoms with E-state index in [1.54, 1.807) is 0 Å². The number of guanidine groups is 1. The Morgan fingerprint density at radius 3 is 2.09 bits per heavy atom. The van der Waals surface area contributed by atoms with Gasteiger partial charge in [-0.15, -0.1) is 0 Å². The zero-order valence-corrected chi connectivity index (χ0v) is 12.3. The standard InChI is InChI=1S/C11H11F6N3O2S/c1-23(21,22)8-2-5(4-20-9(18)19)6(3-7(8)12)10(13,14)11(15,16)17/h2-3H,4H2,1H3,(H4,18,19,20). The van der Waals surface area contributed by atoms with Crippen molar-refractivity contribution in [2.45, 2.75) is 23.5 Å². The van der Waals surface area contributed by atoms with Crippen LogP contribution >= 0.6 is 0 Å². The van der Waals surface area contributed by atoms with Gasteiger partial charge in [0, 0.05) is 11.8 Å². The fourth-order valence-electron chi connectivity index (χ4n) is 1.63. The van der Waals surface area contributed by atoms with Crippen molar-refractivity contribution in [2.24, 2.45) is 16.5 Å². The molecule has 0 aliphatic carbocycles. The first-order valence-corrected chi connectivity index (χ1v) is 7.60. The maximum absolute atomic E-state index is 13.7. The van der Waals surface area contributed by atoms with Gasteiger partial charge in [0.15, 0.2) is 15.8 Å². The van der Waals surface area contributed by atoms with E-state index in [1.807, 2.05) is 0 Å². The molecule has 0 amide bonds. The topological polar surface area (TPSA) is 98.5 Å². The third-order valence-corrected chi connectivity index (χ3v) is 3.80. The number of nitrogens with two attached hydrogens (primary N) is 2. The minimum Gasteiger partial charge on any atom is -0.370 e. The molecule has 0 saturated heterocycles. The van der Waals surface area contributed by atoms with Crippen LogP contribution in [0, 0.1) is 5.82 Å². The fourth-order valence-corrected chi connectivity index (χ4v) is 2.40. The number of aliphatic imine (C=N–C) groups is 1. The molecule has 0 aliphatic heterocycles. The molecule has 0 atom stereocenters. The number of alkyl halides is 5. The Bertz CT molecular complexity index is 739. The highest BCUT2D eigenvalue weighted by atomic mass is 32.2. The van der Waals surface area contributed by atoms with Crippen LogP contribution in [0.1, 0.15) is 11.1 Å². The highest BCUT2D eigenvalue weighted by Gasteiger charge is 2.59. The van der Waals surface area contributed by atoms with Gasteiger partial charge in [-0.2, -0.15) is 22.0 Å². The Kier molecular flexibility index (Phi) is 4.90. The minimum atomic E-state index is -6.02. The molecule has 1 aromatic carbocycles. The zero-order chi connectivity index (χ0) is 18.2. The lowest BCUT2D eigenvalue weighted by Crippen LogP contribution is -2.35. The molecule has 0 saturated carbocycles. The van der Waals surface area contributed by atoms with E-state index >= 15 is 0 Å². The summed E-state index contributed by atoms with van der Waals surface area (Å²) in [6, 6.07) is 0.174. The average Bonchev–Trinajstić information content (AvgIpc) is 2.33. The van der Waals surface area contributed by atoms with Crippen LogP contribution in [0.3, 0.4) is 0 Å². The summed E-state index contributed by atoms with van der Waals surface area (Å²) in [4.78, 5) is 2.22. The van der Waals surface area contributed by atoms with Crippen molar-refractivity contribution >= 4 is 15.8 Å². The average molecular weight is 363 g/mol. The van der Waals surface area contributed by atoms with E-state index in [0.717, 1.165) is 0 Å². The molecule has 0 unspecified atom stereocenters. The first-order valence-electron chi connectivity index (χ1n) is 5.71. The Balaban J connectivity index is 3.69. The number of hydrogen-bond acceptors (Lipinski definition) is 3. The second kappa shape index (κ2) is 5.91. The number of rotatable bonds is 4. The molecule has 23 heavy (non-hydrogen) atoms. The van der Waals surface area contributed by atoms with Crippen molar-refractivity contribution in [3.63, 3.8) is 0 Å². The van der Waals surface area contributed by atoms with Gasteiger partial charge in [-0.05, 0) is 17.7 Å². The summed E-state index contributed by atoms with van der Waals surface area (Å²) in [5.74, 6) is -7.78. The SMILES string of the molecule is CS(=O)(=O)c1cc(CN=C(N)N)c(C(F)(F)C(F)(F)F)cc1F. The van der Waals surface area contributed by atoms with Crippen LogP contribution in [-0.4, -0.2) is 26.8 Å². The molecule has 130 valence electrons. The van der Waals surface area contributed by atoms with Crippen molar-refractivity contribution in [1.29, 1.82) is 0 Å². The van der Waals surface area contributed by atoms with Crippen LogP contribution in [0.5, 0.6) is 0 Å². The van der Waals surface area contributed by atoms with Crippen LogP contribution in [0.2, 0.25) is 0 Å². The van der Waals surface area contributed by atoms with Crippen molar-refractivity contribution in [3.8, 4) is 0 Å². The maximum atomic E-state index is 13.7. The Hall–Kier alpha value is -1.98. The molecule has 0 heterocycles. The molecule has 4 N–H and O–H groups in total. The number of hydrogen-bond donors (Lipinski definition) is 2. The maximum Gasteiger partial charge on any atom is 0.458 e. The Morgan fingerprint density at radius 2 is 1.70 bits per heavy atom. The van der Waals surface area contributed by atoms with E-state index < -0.39 is 56.3 Å². The molecule has 12 heteroatoms. The second-order valence-corrected chi connectivity index (χ2v) is 6.51. The number of benzene rings is 1. The lowest BCUT2D eigenvalue weighted by molar-refractivity contribution is -0.289. The summed E-state index contributed by atoms with van der Waals surface area (Å²) in [5, 5.41) is 0. The second-order valence-electron chi connectivity index (χ2n) is 4.53. The smallest absolute Gasteiger partial charge is 0.370 e. The van der Waals surface area contributed by atoms with Crippen LogP contribution in [-0.2, 0) is 22.3 Å². The summed E-state index contributed by atoms with van der Waals surface area (Å²) in [7, 11) is -4.20. The van der Waals surface area contributed by atoms with Crippen LogP contribution in [0.15, 0.2) is 22.0 Å². The molecule has 5 nitrogen and oxygen atoms in total. The Morgan fingerprint density at radius 1 is 1.17 bits per heavy atom. The van der Waals surface area contributed by atoms with Crippen molar-refractivity contribution in [1.82, 2.24) is 0 Å². The van der Waals surface area contributed by atoms with E-state index in [9.17, 15) is 34.8 Å². The van der Waals surface area contributed by atoms with Gasteiger partial charge >= 0.3 is 12.1 Å². The van der Waals surface area contributed by atoms with Gasteiger partial charge in [-0.3, -0.25) is 0 Å². The quantitative estimate of drug-likeness (QED) is 0.483. The van der Waals surface area contributed by atoms with Crippen molar-refractivity contribution in [2.75, 3.05) is 6.26 Å². The third-order valence-electron chi connectivity index (χ3n) is 2.68. The lowest BCUT2D eigenvalue weighted by atomic mass is 10.0. The van der Waals surface area contributed by atoms with Gasteiger partial charge in [-0.1, -0.05) is 0 Å². The molecule has 0 fully saturated rings. The summed E-state index contributed by atoms with van der Waals surface area (Å²) in [5.41, 5.74) is 7.29. The molecule has 0 radical (unpaired) electrons. The molecular weight excluding hydrogens is 352 g/mol. The third kappa shape index (κ3) is 4.06. The molecule has 0 spiro atoms. The molecule has 0 aliphatic rings. The van der Waals surface area contributed by atoms with E-state index in [1.165, 1.54) is 0 Å². The van der Waals surface area contributed by atoms with Crippen LogP contribution in [0.4, 0.5) is 26.3 Å². The summed E-state index contributed by atoms with van der Waals surface area (Å²) < 4.78 is 101. The summed E-state index contributed by atoms with van der Waals surface area (Å²) in [6.07, 6.45) is -5.45. The number of nitrogens with zero attached hydrogens (tertiary/aromatic N) is 1. The van der Waals surface area contributed by atoms with E-state index in [2.05, 4.69) is 4.99 Å². The number of sulfone groups is 1. The zero-order valence-electron chi connectivity index (χ0n) is 11.5. The van der Waals surface area contributed by atoms with Gasteiger partial charge in [0.25, 0.3) is 0 Å². The molecule has 0 bridgehead atoms. The van der Waals surface area contributed by atoms with Crippen molar-refractivity contribution < 1.29 is 34.8 Å². The van der Waals surface area contributed by atoms with Crippen LogP contribution in [0.25, 0.3) is 0 Å². The van der Waals surface area contributed by atoms with E-state index in [4.69, 9.17) is 11.5 Å².